The second kappa shape index (κ2) is 7.30. The van der Waals surface area contributed by atoms with Crippen molar-refractivity contribution in [2.24, 2.45) is 0 Å². The van der Waals surface area contributed by atoms with Crippen molar-refractivity contribution in [3.63, 3.8) is 0 Å². The summed E-state index contributed by atoms with van der Waals surface area (Å²) in [6.45, 7) is 2.02. The number of carbonyl (C=O) groups is 1. The second-order valence-corrected chi connectivity index (χ2v) is 6.70. The van der Waals surface area contributed by atoms with E-state index in [1.54, 1.807) is 23.7 Å². The van der Waals surface area contributed by atoms with Crippen LogP contribution in [0.4, 0.5) is 15.9 Å². The Balaban J connectivity index is 1.47. The van der Waals surface area contributed by atoms with E-state index < -0.39 is 0 Å². The molecule has 2 aromatic heterocycles. The lowest BCUT2D eigenvalue weighted by Crippen LogP contribution is -2.26. The van der Waals surface area contributed by atoms with E-state index in [1.165, 1.54) is 29.9 Å². The number of benzene rings is 1. The number of amides is 1. The van der Waals surface area contributed by atoms with Gasteiger partial charge in [0.1, 0.15) is 11.6 Å². The summed E-state index contributed by atoms with van der Waals surface area (Å²) in [5.41, 5.74) is 1.33. The molecule has 1 aliphatic rings. The first kappa shape index (κ1) is 17.4. The number of nitrogens with zero attached hydrogens (tertiary/aromatic N) is 6. The van der Waals surface area contributed by atoms with Gasteiger partial charge in [0.2, 0.25) is 5.91 Å². The minimum atomic E-state index is -0.325. The van der Waals surface area contributed by atoms with Crippen molar-refractivity contribution in [1.29, 1.82) is 0 Å². The van der Waals surface area contributed by atoms with Gasteiger partial charge in [-0.2, -0.15) is 4.52 Å². The maximum atomic E-state index is 13.0. The fraction of sp³-hybridized carbons (Fsp3) is 0.368. The zero-order valence-electron chi connectivity index (χ0n) is 15.2. The highest BCUT2D eigenvalue weighted by atomic mass is 19.1. The molecule has 0 spiro atoms. The van der Waals surface area contributed by atoms with Crippen LogP contribution in [0.25, 0.3) is 5.65 Å². The Morgan fingerprint density at radius 3 is 2.59 bits per heavy atom. The van der Waals surface area contributed by atoms with Crippen LogP contribution in [-0.2, 0) is 11.2 Å². The van der Waals surface area contributed by atoms with Gasteiger partial charge in [-0.1, -0.05) is 0 Å². The molecule has 3 heterocycles. The molecule has 140 valence electrons. The smallest absolute Gasteiger partial charge is 0.227 e. The summed E-state index contributed by atoms with van der Waals surface area (Å²) in [5, 5.41) is 13.0. The molecule has 0 N–H and O–H groups in total. The first-order valence-electron chi connectivity index (χ1n) is 9.10. The molecule has 7 nitrogen and oxygen atoms in total. The number of halogens is 1. The number of hydrogen-bond acceptors (Lipinski definition) is 5. The van der Waals surface area contributed by atoms with E-state index in [9.17, 15) is 9.18 Å². The Kier molecular flexibility index (Phi) is 4.70. The third-order valence-electron chi connectivity index (χ3n) is 4.89. The molecular weight excluding hydrogens is 347 g/mol. The number of rotatable bonds is 5. The number of fused-ring (bicyclic) bond motifs is 1. The molecule has 1 saturated heterocycles. The standard InChI is InChI=1S/C19H21FN6O/c1-24(15-6-4-14(20)5-7-15)19(27)11-10-17-22-21-16-8-9-18(23-26(16)17)25-12-2-3-13-25/h4-9H,2-3,10-13H2,1H3. The third-order valence-corrected chi connectivity index (χ3v) is 4.89. The molecular formula is C19H21FN6O. The van der Waals surface area contributed by atoms with Gasteiger partial charge in [-0.15, -0.1) is 15.3 Å². The van der Waals surface area contributed by atoms with E-state index in [-0.39, 0.29) is 18.1 Å². The van der Waals surface area contributed by atoms with Crippen molar-refractivity contribution in [1.82, 2.24) is 19.8 Å². The molecule has 1 amide bonds. The van der Waals surface area contributed by atoms with Gasteiger partial charge in [0.05, 0.1) is 0 Å². The minimum absolute atomic E-state index is 0.0749. The molecule has 0 saturated carbocycles. The first-order chi connectivity index (χ1) is 13.1. The van der Waals surface area contributed by atoms with Crippen LogP contribution in [0.1, 0.15) is 25.1 Å². The summed E-state index contributed by atoms with van der Waals surface area (Å²) in [5.74, 6) is 1.17. The van der Waals surface area contributed by atoms with Gasteiger partial charge >= 0.3 is 0 Å². The van der Waals surface area contributed by atoms with E-state index in [1.807, 2.05) is 12.1 Å². The predicted molar refractivity (Wildman–Crippen MR) is 100 cm³/mol. The lowest BCUT2D eigenvalue weighted by atomic mass is 10.2. The third kappa shape index (κ3) is 3.60. The minimum Gasteiger partial charge on any atom is -0.355 e. The lowest BCUT2D eigenvalue weighted by molar-refractivity contribution is -0.118. The van der Waals surface area contributed by atoms with Crippen molar-refractivity contribution in [2.45, 2.75) is 25.7 Å². The van der Waals surface area contributed by atoms with Gasteiger partial charge in [0.25, 0.3) is 0 Å². The Morgan fingerprint density at radius 1 is 1.11 bits per heavy atom. The van der Waals surface area contributed by atoms with E-state index in [0.717, 1.165) is 18.9 Å². The normalized spacial score (nSPS) is 14.1. The highest BCUT2D eigenvalue weighted by Crippen LogP contribution is 2.19. The van der Waals surface area contributed by atoms with Crippen LogP contribution in [0.15, 0.2) is 36.4 Å². The first-order valence-corrected chi connectivity index (χ1v) is 9.10. The number of hydrogen-bond donors (Lipinski definition) is 0. The van der Waals surface area contributed by atoms with Gasteiger partial charge in [-0.05, 0) is 49.2 Å². The van der Waals surface area contributed by atoms with Crippen LogP contribution in [0.3, 0.4) is 0 Å². The summed E-state index contributed by atoms with van der Waals surface area (Å²) in [6.07, 6.45) is 3.06. The second-order valence-electron chi connectivity index (χ2n) is 6.70. The largest absolute Gasteiger partial charge is 0.355 e. The fourth-order valence-corrected chi connectivity index (χ4v) is 3.29. The topological polar surface area (TPSA) is 66.6 Å². The van der Waals surface area contributed by atoms with E-state index >= 15 is 0 Å². The van der Waals surface area contributed by atoms with E-state index in [2.05, 4.69) is 20.2 Å². The molecule has 0 unspecified atom stereocenters. The van der Waals surface area contributed by atoms with Crippen molar-refractivity contribution in [3.05, 3.63) is 48.0 Å². The predicted octanol–water partition coefficient (Wildman–Crippen LogP) is 2.46. The molecule has 0 aliphatic carbocycles. The van der Waals surface area contributed by atoms with Crippen LogP contribution in [0.5, 0.6) is 0 Å². The summed E-state index contributed by atoms with van der Waals surface area (Å²) < 4.78 is 14.8. The molecule has 0 bridgehead atoms. The number of aromatic nitrogens is 4. The summed E-state index contributed by atoms with van der Waals surface area (Å²) >= 11 is 0. The van der Waals surface area contributed by atoms with Gasteiger partial charge in [-0.3, -0.25) is 4.79 Å². The molecule has 4 rings (SSSR count). The van der Waals surface area contributed by atoms with Gasteiger partial charge < -0.3 is 9.80 Å². The van der Waals surface area contributed by atoms with Crippen molar-refractivity contribution in [2.75, 3.05) is 29.9 Å². The van der Waals surface area contributed by atoms with Crippen LogP contribution < -0.4 is 9.80 Å². The van der Waals surface area contributed by atoms with E-state index in [0.29, 0.717) is 23.6 Å². The fourth-order valence-electron chi connectivity index (χ4n) is 3.29. The number of anilines is 2. The van der Waals surface area contributed by atoms with Crippen LogP contribution in [0.2, 0.25) is 0 Å². The highest BCUT2D eigenvalue weighted by molar-refractivity contribution is 5.92. The average Bonchev–Trinajstić information content (AvgIpc) is 3.35. The Bertz CT molecular complexity index is 948. The molecule has 1 aliphatic heterocycles. The zero-order valence-corrected chi connectivity index (χ0v) is 15.2. The van der Waals surface area contributed by atoms with Crippen LogP contribution in [0, 0.1) is 5.82 Å². The Labute approximate surface area is 156 Å². The Hall–Kier alpha value is -3.03. The van der Waals surface area contributed by atoms with Crippen molar-refractivity contribution >= 4 is 23.1 Å². The quantitative estimate of drug-likeness (QED) is 0.692. The highest BCUT2D eigenvalue weighted by Gasteiger charge is 2.17. The van der Waals surface area contributed by atoms with Crippen molar-refractivity contribution in [3.8, 4) is 0 Å². The monoisotopic (exact) mass is 368 g/mol. The van der Waals surface area contributed by atoms with Gasteiger partial charge in [0.15, 0.2) is 11.5 Å². The zero-order chi connectivity index (χ0) is 18.8. The number of carbonyl (C=O) groups excluding carboxylic acids is 1. The molecule has 1 aromatic carbocycles. The summed E-state index contributed by atoms with van der Waals surface area (Å²) in [7, 11) is 1.68. The Morgan fingerprint density at radius 2 is 1.85 bits per heavy atom. The SMILES string of the molecule is CN(C(=O)CCc1nnc2ccc(N3CCCC3)nn12)c1ccc(F)cc1. The van der Waals surface area contributed by atoms with Gasteiger partial charge in [-0.25, -0.2) is 4.39 Å². The molecule has 8 heteroatoms. The van der Waals surface area contributed by atoms with Crippen LogP contribution >= 0.6 is 0 Å². The van der Waals surface area contributed by atoms with Crippen LogP contribution in [-0.4, -0.2) is 45.9 Å². The lowest BCUT2D eigenvalue weighted by Gasteiger charge is -2.17. The molecule has 0 atom stereocenters. The van der Waals surface area contributed by atoms with Gasteiger partial charge in [0, 0.05) is 38.7 Å². The molecule has 27 heavy (non-hydrogen) atoms. The summed E-state index contributed by atoms with van der Waals surface area (Å²) in [4.78, 5) is 16.2. The van der Waals surface area contributed by atoms with E-state index in [4.69, 9.17) is 0 Å². The molecule has 1 fully saturated rings. The number of aryl methyl sites for hydroxylation is 1. The van der Waals surface area contributed by atoms with Crippen molar-refractivity contribution < 1.29 is 9.18 Å². The molecule has 0 radical (unpaired) electrons. The molecule has 3 aromatic rings. The average molecular weight is 368 g/mol. The maximum Gasteiger partial charge on any atom is 0.227 e. The maximum absolute atomic E-state index is 13.0. The summed E-state index contributed by atoms with van der Waals surface area (Å²) in [6, 6.07) is 9.73.